The van der Waals surface area contributed by atoms with Crippen molar-refractivity contribution >= 4 is 53.2 Å². The third-order valence-electron chi connectivity index (χ3n) is 15.1. The maximum absolute atomic E-state index is 13.9. The van der Waals surface area contributed by atoms with E-state index in [0.717, 1.165) is 49.6 Å². The Hall–Kier alpha value is -9.70. The van der Waals surface area contributed by atoms with E-state index in [1.165, 1.54) is 30.2 Å². The number of nitrogens with two attached hydrogens (primary N) is 5. The van der Waals surface area contributed by atoms with Gasteiger partial charge in [-0.25, -0.2) is 15.5 Å². The highest BCUT2D eigenvalue weighted by Crippen LogP contribution is 2.32. The summed E-state index contributed by atoms with van der Waals surface area (Å²) in [6.45, 7) is 2.60. The zero-order valence-electron chi connectivity index (χ0n) is 60.9. The molecule has 0 radical (unpaired) electrons. The molecule has 0 aliphatic carbocycles. The first-order valence-electron chi connectivity index (χ1n) is 35.1. The SMILES string of the molecule is Cc1cc(C(F)(F)F)nc(OCc2cn(CCOCCOCCNC(=O)CCC(CCC(=O)NCCOCCOCCN=CC(COc3nc(N)cc(C(F)(F)F)n3)=NN)(CCC(=O)NCCOCCOCCN(N)/C=C(\N)COc3nc(N)cc(C(F)(F)F)n3)NC(=O)CCCCCCCCCCC(=O)O)nn2)n1. The van der Waals surface area contributed by atoms with Gasteiger partial charge in [0.05, 0.1) is 111 Å². The second-order valence-electron chi connectivity index (χ2n) is 24.3. The van der Waals surface area contributed by atoms with E-state index >= 15 is 0 Å². The van der Waals surface area contributed by atoms with E-state index in [-0.39, 0.29) is 200 Å². The van der Waals surface area contributed by atoms with Crippen LogP contribution in [0.25, 0.3) is 0 Å². The highest BCUT2D eigenvalue weighted by atomic mass is 19.4. The third-order valence-corrected chi connectivity index (χ3v) is 15.1. The molecular formula is C65H98F9N21O15. The monoisotopic (exact) mass is 1580 g/mol. The summed E-state index contributed by atoms with van der Waals surface area (Å²) in [5.74, 6) is 7.96. The summed E-state index contributed by atoms with van der Waals surface area (Å²) in [4.78, 5) is 90.6. The number of halogens is 9. The Morgan fingerprint density at radius 2 is 1.00 bits per heavy atom. The van der Waals surface area contributed by atoms with Crippen LogP contribution >= 0.6 is 0 Å². The predicted octanol–water partition coefficient (Wildman–Crippen LogP) is 3.91. The van der Waals surface area contributed by atoms with Gasteiger partial charge in [0.2, 0.25) is 23.6 Å². The lowest BCUT2D eigenvalue weighted by molar-refractivity contribution is -0.142. The van der Waals surface area contributed by atoms with Crippen molar-refractivity contribution in [3.63, 3.8) is 0 Å². The number of anilines is 2. The maximum atomic E-state index is 13.9. The largest absolute Gasteiger partial charge is 0.481 e. The molecule has 0 aliphatic rings. The molecule has 36 nitrogen and oxygen atoms in total. The van der Waals surface area contributed by atoms with Gasteiger partial charge in [0.25, 0.3) is 0 Å². The van der Waals surface area contributed by atoms with E-state index in [1.54, 1.807) is 0 Å². The molecule has 4 rings (SSSR count). The van der Waals surface area contributed by atoms with Gasteiger partial charge >= 0.3 is 42.5 Å². The number of aliphatic imine (C=N–C) groups is 1. The molecule has 15 N–H and O–H groups in total. The van der Waals surface area contributed by atoms with Crippen molar-refractivity contribution in [2.24, 2.45) is 27.5 Å². The zero-order valence-corrected chi connectivity index (χ0v) is 60.9. The van der Waals surface area contributed by atoms with Crippen molar-refractivity contribution < 1.29 is 111 Å². The van der Waals surface area contributed by atoms with Gasteiger partial charge in [-0.05, 0) is 45.1 Å². The number of nitrogens with zero attached hydrogens (tertiary/aromatic N) is 12. The number of nitrogens with one attached hydrogen (secondary N) is 4. The Labute approximate surface area is 627 Å². The molecule has 0 saturated heterocycles. The molecule has 0 bridgehead atoms. The molecule has 4 aromatic rings. The van der Waals surface area contributed by atoms with E-state index < -0.39 is 108 Å². The van der Waals surface area contributed by atoms with Crippen molar-refractivity contribution in [3.05, 3.63) is 64.8 Å². The lowest BCUT2D eigenvalue weighted by Crippen LogP contribution is -2.50. The molecule has 0 saturated carbocycles. The fraction of sp³-hybridized carbons (Fsp3) is 0.646. The van der Waals surface area contributed by atoms with Crippen LogP contribution < -0.4 is 64.4 Å². The summed E-state index contributed by atoms with van der Waals surface area (Å²) in [7, 11) is 0. The second-order valence-corrected chi connectivity index (χ2v) is 24.3. The van der Waals surface area contributed by atoms with Crippen LogP contribution in [-0.4, -0.2) is 227 Å². The van der Waals surface area contributed by atoms with Gasteiger partial charge in [-0.15, -0.1) is 5.10 Å². The summed E-state index contributed by atoms with van der Waals surface area (Å²) in [6.07, 6.45) is -4.19. The van der Waals surface area contributed by atoms with Crippen LogP contribution in [0.5, 0.6) is 18.0 Å². The van der Waals surface area contributed by atoms with E-state index in [1.807, 2.05) is 0 Å². The number of carbonyl (C=O) groups is 5. The van der Waals surface area contributed by atoms with Crippen LogP contribution in [0.2, 0.25) is 0 Å². The van der Waals surface area contributed by atoms with E-state index in [9.17, 15) is 63.5 Å². The summed E-state index contributed by atoms with van der Waals surface area (Å²) < 4.78 is 169. The number of nitrogen functional groups attached to an aromatic ring is 2. The Morgan fingerprint density at radius 1 is 0.555 bits per heavy atom. The molecule has 45 heteroatoms. The fourth-order valence-corrected chi connectivity index (χ4v) is 9.65. The number of aromatic nitrogens is 9. The number of amides is 4. The molecule has 616 valence electrons. The number of aliphatic carboxylic acids is 1. The lowest BCUT2D eigenvalue weighted by Gasteiger charge is -2.35. The van der Waals surface area contributed by atoms with Gasteiger partial charge in [-0.3, -0.25) is 29.0 Å². The molecule has 4 heterocycles. The number of hydrogen-bond acceptors (Lipinski definition) is 30. The van der Waals surface area contributed by atoms with Gasteiger partial charge < -0.3 is 97.1 Å². The first-order chi connectivity index (χ1) is 52.4. The van der Waals surface area contributed by atoms with Gasteiger partial charge in [0, 0.05) is 87.5 Å². The van der Waals surface area contributed by atoms with Crippen LogP contribution in [0, 0.1) is 6.92 Å². The maximum Gasteiger partial charge on any atom is 0.433 e. The Morgan fingerprint density at radius 3 is 1.49 bits per heavy atom. The van der Waals surface area contributed by atoms with Gasteiger partial charge in [0.1, 0.15) is 42.9 Å². The standard InChI is InChI=1S/C65H98F9N21O15/c1-45-36-49(63(66,67)68)85-59(84-45)110-44-48-41-95(93-92-48)23-29-107-35-33-105-27-21-83-56(98)14-17-62(90-57(99)10-8-6-4-2-3-5-7-9-11-58(100)101,15-12-54(96)81-19-25-103-31-30-102-24-18-80-39-47(91-78)43-109-61-87-51(65(72,73)74)38-53(77)89-61)16-13-55(97)82-20-26-104-32-34-106-28-22-94(79)40-46(75)42-108-60-86-50(64(69,70)71)37-52(76)88-60/h36-41H,2-35,42-44,75,78-79H2,1H3,(H,81,96)(H,82,97)(H,83,98)(H,90,99)(H,100,101)(H2,76,86,88)(H2,77,87,89)/b46-40-,80-39?,91-47?. The second kappa shape index (κ2) is 50.9. The summed E-state index contributed by atoms with van der Waals surface area (Å²) in [5.41, 5.74) is 12.2. The molecule has 1 unspecified atom stereocenters. The average molecular weight is 1580 g/mol. The minimum atomic E-state index is -4.78. The van der Waals surface area contributed by atoms with Crippen LogP contribution in [-0.2, 0) is 84.1 Å². The highest BCUT2D eigenvalue weighted by Gasteiger charge is 2.37. The number of rotatable bonds is 59. The number of alkyl halides is 9. The summed E-state index contributed by atoms with van der Waals surface area (Å²) in [6, 6.07) is 0.176. The minimum Gasteiger partial charge on any atom is -0.481 e. The topological polar surface area (TPSA) is 503 Å². The number of carboxylic acid groups (broad SMARTS) is 1. The van der Waals surface area contributed by atoms with E-state index in [0.29, 0.717) is 30.7 Å². The molecule has 110 heavy (non-hydrogen) atoms. The number of hydrogen-bond donors (Lipinski definition) is 10. The van der Waals surface area contributed by atoms with Gasteiger partial charge in [0.15, 0.2) is 17.1 Å². The van der Waals surface area contributed by atoms with Crippen LogP contribution in [0.15, 0.2) is 46.4 Å². The lowest BCUT2D eigenvalue weighted by atomic mass is 9.82. The molecule has 0 spiro atoms. The molecule has 0 aromatic carbocycles. The average Bonchev–Trinajstić information content (AvgIpc) is 0.979. The molecular weight excluding hydrogens is 1490 g/mol. The van der Waals surface area contributed by atoms with Crippen LogP contribution in [0.4, 0.5) is 51.1 Å². The molecule has 0 fully saturated rings. The number of ether oxygens (including phenoxy) is 9. The van der Waals surface area contributed by atoms with Crippen LogP contribution in [0.1, 0.15) is 131 Å². The van der Waals surface area contributed by atoms with Crippen molar-refractivity contribution in [2.75, 3.05) is 137 Å². The van der Waals surface area contributed by atoms with Crippen molar-refractivity contribution in [3.8, 4) is 18.0 Å². The predicted molar refractivity (Wildman–Crippen MR) is 374 cm³/mol. The normalized spacial score (nSPS) is 12.8. The Bertz CT molecular complexity index is 3490. The quantitative estimate of drug-likeness (QED) is 0.00985. The number of carboxylic acids is 1. The smallest absolute Gasteiger partial charge is 0.433 e. The molecule has 0 aliphatic heterocycles. The summed E-state index contributed by atoms with van der Waals surface area (Å²) >= 11 is 0. The van der Waals surface area contributed by atoms with Gasteiger partial charge in [-0.1, -0.05) is 43.7 Å². The third kappa shape index (κ3) is 42.3. The first-order valence-corrected chi connectivity index (χ1v) is 35.1. The Balaban J connectivity index is 1.28. The van der Waals surface area contributed by atoms with Gasteiger partial charge in [-0.2, -0.15) is 69.5 Å². The fourth-order valence-electron chi connectivity index (χ4n) is 9.65. The summed E-state index contributed by atoms with van der Waals surface area (Å²) in [5, 5.41) is 33.0. The number of hydrazone groups is 1. The minimum absolute atomic E-state index is 0.0143. The van der Waals surface area contributed by atoms with Crippen LogP contribution in [0.3, 0.4) is 0 Å². The number of hydrazine groups is 1. The first kappa shape index (κ1) is 92.7. The Kier molecular flexibility index (Phi) is 42.9. The van der Waals surface area contributed by atoms with Crippen molar-refractivity contribution in [1.29, 1.82) is 0 Å². The van der Waals surface area contributed by atoms with E-state index in [4.69, 9.17) is 76.6 Å². The molecule has 4 amide bonds. The van der Waals surface area contributed by atoms with E-state index in [2.05, 4.69) is 71.6 Å². The number of aryl methyl sites for hydroxylation is 1. The molecule has 1 atom stereocenters. The number of carbonyl (C=O) groups excluding carboxylic acids is 4. The van der Waals surface area contributed by atoms with Crippen molar-refractivity contribution in [2.45, 2.75) is 147 Å². The number of unbranched alkanes of at least 4 members (excludes halogenated alkanes) is 7. The van der Waals surface area contributed by atoms with Crippen molar-refractivity contribution in [1.82, 2.24) is 71.2 Å². The molecule has 4 aromatic heterocycles. The zero-order chi connectivity index (χ0) is 80.6. The highest BCUT2D eigenvalue weighted by molar-refractivity contribution is 6.31.